The van der Waals surface area contributed by atoms with Crippen LogP contribution in [0.15, 0.2) is 18.2 Å². The zero-order chi connectivity index (χ0) is 12.8. The first-order valence-electron chi connectivity index (χ1n) is 5.03. The van der Waals surface area contributed by atoms with Gasteiger partial charge in [-0.15, -0.1) is 0 Å². The number of carbonyl (C=O) groups is 1. The minimum Gasteiger partial charge on any atom is -0.493 e. The average molecular weight is 235 g/mol. The second-order valence-electron chi connectivity index (χ2n) is 3.50. The lowest BCUT2D eigenvalue weighted by atomic mass is 10.2. The van der Waals surface area contributed by atoms with Gasteiger partial charge in [-0.2, -0.15) is 5.26 Å². The minimum absolute atomic E-state index is 0.0941. The number of nitriles is 1. The third-order valence-electron chi connectivity index (χ3n) is 2.08. The van der Waals surface area contributed by atoms with Crippen molar-refractivity contribution >= 4 is 5.97 Å². The Labute approximate surface area is 99.2 Å². The second kappa shape index (κ2) is 5.75. The predicted molar refractivity (Wildman–Crippen MR) is 60.1 cm³/mol. The van der Waals surface area contributed by atoms with Gasteiger partial charge < -0.3 is 14.6 Å². The fourth-order valence-electron chi connectivity index (χ4n) is 1.34. The summed E-state index contributed by atoms with van der Waals surface area (Å²) in [5.41, 5.74) is 0.458. The van der Waals surface area contributed by atoms with Crippen molar-refractivity contribution in [1.29, 1.82) is 5.26 Å². The zero-order valence-electron chi connectivity index (χ0n) is 9.64. The van der Waals surface area contributed by atoms with E-state index in [1.807, 2.05) is 6.07 Å². The molecule has 1 unspecified atom stereocenters. The number of hydrogen-bond acceptors (Lipinski definition) is 4. The number of aliphatic carboxylic acids is 1. The number of methoxy groups -OCH3 is 1. The SMILES string of the molecule is COc1cc(C#N)ccc1OC(C)CC(=O)O. The van der Waals surface area contributed by atoms with E-state index in [9.17, 15) is 4.79 Å². The van der Waals surface area contributed by atoms with Crippen LogP contribution in [0.25, 0.3) is 0 Å². The Morgan fingerprint density at radius 1 is 1.53 bits per heavy atom. The summed E-state index contributed by atoms with van der Waals surface area (Å²) in [5.74, 6) is -0.0772. The molecule has 0 saturated heterocycles. The molecule has 5 heteroatoms. The summed E-state index contributed by atoms with van der Waals surface area (Å²) in [6.07, 6.45) is -0.558. The van der Waals surface area contributed by atoms with Crippen molar-refractivity contribution in [2.24, 2.45) is 0 Å². The normalized spacial score (nSPS) is 11.4. The van der Waals surface area contributed by atoms with Crippen molar-refractivity contribution < 1.29 is 19.4 Å². The number of carboxylic acids is 1. The van der Waals surface area contributed by atoms with E-state index < -0.39 is 12.1 Å². The molecule has 0 amide bonds. The highest BCUT2D eigenvalue weighted by Gasteiger charge is 2.12. The van der Waals surface area contributed by atoms with Crippen LogP contribution in [0.2, 0.25) is 0 Å². The van der Waals surface area contributed by atoms with Crippen molar-refractivity contribution in [1.82, 2.24) is 0 Å². The summed E-state index contributed by atoms with van der Waals surface area (Å²) in [4.78, 5) is 10.5. The summed E-state index contributed by atoms with van der Waals surface area (Å²) >= 11 is 0. The van der Waals surface area contributed by atoms with Crippen molar-refractivity contribution in [3.63, 3.8) is 0 Å². The van der Waals surface area contributed by atoms with E-state index in [0.717, 1.165) is 0 Å². The summed E-state index contributed by atoms with van der Waals surface area (Å²) < 4.78 is 10.5. The van der Waals surface area contributed by atoms with Gasteiger partial charge in [0, 0.05) is 6.07 Å². The maximum absolute atomic E-state index is 10.5. The molecule has 0 aromatic heterocycles. The van der Waals surface area contributed by atoms with Gasteiger partial charge in [-0.3, -0.25) is 4.79 Å². The van der Waals surface area contributed by atoms with E-state index in [1.165, 1.54) is 7.11 Å². The molecule has 0 saturated carbocycles. The highest BCUT2D eigenvalue weighted by Crippen LogP contribution is 2.29. The summed E-state index contributed by atoms with van der Waals surface area (Å²) in [7, 11) is 1.46. The average Bonchev–Trinajstić information content (AvgIpc) is 2.28. The van der Waals surface area contributed by atoms with Crippen molar-refractivity contribution in [2.75, 3.05) is 7.11 Å². The van der Waals surface area contributed by atoms with Gasteiger partial charge in [-0.05, 0) is 19.1 Å². The van der Waals surface area contributed by atoms with E-state index in [-0.39, 0.29) is 6.42 Å². The molecule has 0 fully saturated rings. The van der Waals surface area contributed by atoms with E-state index in [4.69, 9.17) is 19.8 Å². The fourth-order valence-corrected chi connectivity index (χ4v) is 1.34. The molecule has 0 aliphatic rings. The topological polar surface area (TPSA) is 79.5 Å². The summed E-state index contributed by atoms with van der Waals surface area (Å²) in [5, 5.41) is 17.3. The van der Waals surface area contributed by atoms with Gasteiger partial charge in [-0.25, -0.2) is 0 Å². The Kier molecular flexibility index (Phi) is 4.35. The van der Waals surface area contributed by atoms with Gasteiger partial charge in [0.25, 0.3) is 0 Å². The van der Waals surface area contributed by atoms with E-state index in [2.05, 4.69) is 0 Å². The lowest BCUT2D eigenvalue weighted by Gasteiger charge is -2.15. The van der Waals surface area contributed by atoms with Gasteiger partial charge >= 0.3 is 5.97 Å². The molecule has 5 nitrogen and oxygen atoms in total. The van der Waals surface area contributed by atoms with Gasteiger partial charge in [0.1, 0.15) is 6.10 Å². The second-order valence-corrected chi connectivity index (χ2v) is 3.50. The van der Waals surface area contributed by atoms with Crippen molar-refractivity contribution in [3.8, 4) is 17.6 Å². The Hall–Kier alpha value is -2.22. The maximum atomic E-state index is 10.5. The molecule has 90 valence electrons. The number of nitrogens with zero attached hydrogens (tertiary/aromatic N) is 1. The number of hydrogen-bond donors (Lipinski definition) is 1. The Morgan fingerprint density at radius 3 is 2.76 bits per heavy atom. The van der Waals surface area contributed by atoms with Crippen LogP contribution in [0.1, 0.15) is 18.9 Å². The molecule has 1 aromatic carbocycles. The number of carboxylic acid groups (broad SMARTS) is 1. The minimum atomic E-state index is -0.926. The summed E-state index contributed by atoms with van der Waals surface area (Å²) in [6.45, 7) is 1.66. The van der Waals surface area contributed by atoms with Crippen LogP contribution in [0, 0.1) is 11.3 Å². The lowest BCUT2D eigenvalue weighted by molar-refractivity contribution is -0.138. The Balaban J connectivity index is 2.84. The van der Waals surface area contributed by atoms with Crippen LogP contribution in [-0.2, 0) is 4.79 Å². The third-order valence-corrected chi connectivity index (χ3v) is 2.08. The van der Waals surface area contributed by atoms with Crippen LogP contribution in [0.4, 0.5) is 0 Å². The van der Waals surface area contributed by atoms with Gasteiger partial charge in [0.05, 0.1) is 25.2 Å². The highest BCUT2D eigenvalue weighted by atomic mass is 16.5. The molecule has 1 N–H and O–H groups in total. The number of benzene rings is 1. The number of ether oxygens (including phenoxy) is 2. The standard InChI is InChI=1S/C12H13NO4/c1-8(5-12(14)15)17-10-4-3-9(7-13)6-11(10)16-2/h3-4,6,8H,5H2,1-2H3,(H,14,15). The van der Waals surface area contributed by atoms with E-state index >= 15 is 0 Å². The Morgan fingerprint density at radius 2 is 2.24 bits per heavy atom. The molecule has 0 radical (unpaired) electrons. The van der Waals surface area contributed by atoms with Gasteiger partial charge in [0.15, 0.2) is 11.5 Å². The van der Waals surface area contributed by atoms with Gasteiger partial charge in [-0.1, -0.05) is 0 Å². The van der Waals surface area contributed by atoms with Gasteiger partial charge in [0.2, 0.25) is 0 Å². The van der Waals surface area contributed by atoms with Crippen LogP contribution < -0.4 is 9.47 Å². The first kappa shape index (κ1) is 12.8. The van der Waals surface area contributed by atoms with Crippen molar-refractivity contribution in [2.45, 2.75) is 19.4 Å². The van der Waals surface area contributed by atoms with Crippen LogP contribution in [0.3, 0.4) is 0 Å². The molecule has 0 aliphatic heterocycles. The first-order chi connectivity index (χ1) is 8.06. The molecule has 17 heavy (non-hydrogen) atoms. The fraction of sp³-hybridized carbons (Fsp3) is 0.333. The highest BCUT2D eigenvalue weighted by molar-refractivity contribution is 5.67. The first-order valence-corrected chi connectivity index (χ1v) is 5.03. The Bertz CT molecular complexity index is 450. The predicted octanol–water partition coefficient (Wildman–Crippen LogP) is 1.81. The summed E-state index contributed by atoms with van der Waals surface area (Å²) in [6, 6.07) is 6.71. The van der Waals surface area contributed by atoms with E-state index in [0.29, 0.717) is 17.1 Å². The molecule has 1 atom stereocenters. The molecule has 0 aliphatic carbocycles. The zero-order valence-corrected chi connectivity index (χ0v) is 9.64. The number of rotatable bonds is 5. The molecule has 1 rings (SSSR count). The molecule has 0 spiro atoms. The molecular formula is C12H13NO4. The third kappa shape index (κ3) is 3.68. The lowest BCUT2D eigenvalue weighted by Crippen LogP contribution is -2.16. The smallest absolute Gasteiger partial charge is 0.307 e. The quantitative estimate of drug-likeness (QED) is 0.841. The van der Waals surface area contributed by atoms with Crippen LogP contribution >= 0.6 is 0 Å². The molecular weight excluding hydrogens is 222 g/mol. The molecule has 0 heterocycles. The maximum Gasteiger partial charge on any atom is 0.307 e. The van der Waals surface area contributed by atoms with Crippen LogP contribution in [0.5, 0.6) is 11.5 Å². The molecule has 1 aromatic rings. The monoisotopic (exact) mass is 235 g/mol. The van der Waals surface area contributed by atoms with Crippen molar-refractivity contribution in [3.05, 3.63) is 23.8 Å². The van der Waals surface area contributed by atoms with E-state index in [1.54, 1.807) is 25.1 Å². The molecule has 0 bridgehead atoms. The van der Waals surface area contributed by atoms with Crippen LogP contribution in [-0.4, -0.2) is 24.3 Å². The largest absolute Gasteiger partial charge is 0.493 e.